The van der Waals surface area contributed by atoms with Crippen molar-refractivity contribution >= 4 is 17.4 Å². The van der Waals surface area contributed by atoms with Gasteiger partial charge in [-0.2, -0.15) is 0 Å². The summed E-state index contributed by atoms with van der Waals surface area (Å²) in [6.07, 6.45) is 0. The van der Waals surface area contributed by atoms with Crippen LogP contribution in [0.15, 0.2) is 64.4 Å². The SMILES string of the molecule is CC(C)C(C)Nc1ccc(Sc2ccccc2)cc1. The van der Waals surface area contributed by atoms with E-state index in [4.69, 9.17) is 0 Å². The molecule has 0 aromatic heterocycles. The largest absolute Gasteiger partial charge is 0.382 e. The highest BCUT2D eigenvalue weighted by Gasteiger charge is 2.06. The Morgan fingerprint density at radius 3 is 1.95 bits per heavy atom. The molecule has 2 heteroatoms. The molecule has 0 saturated heterocycles. The Labute approximate surface area is 120 Å². The molecule has 0 radical (unpaired) electrons. The van der Waals surface area contributed by atoms with Crippen LogP contribution >= 0.6 is 11.8 Å². The molecule has 1 nitrogen and oxygen atoms in total. The first-order valence-corrected chi connectivity index (χ1v) is 7.56. The van der Waals surface area contributed by atoms with Crippen LogP contribution in [-0.2, 0) is 0 Å². The molecular formula is C17H21NS. The van der Waals surface area contributed by atoms with Gasteiger partial charge in [-0.25, -0.2) is 0 Å². The molecular weight excluding hydrogens is 250 g/mol. The maximum atomic E-state index is 3.52. The molecule has 0 amide bonds. The van der Waals surface area contributed by atoms with E-state index in [1.165, 1.54) is 15.5 Å². The average molecular weight is 271 g/mol. The van der Waals surface area contributed by atoms with Gasteiger partial charge in [0.2, 0.25) is 0 Å². The van der Waals surface area contributed by atoms with Gasteiger partial charge in [-0.3, -0.25) is 0 Å². The summed E-state index contributed by atoms with van der Waals surface area (Å²) < 4.78 is 0. The molecule has 1 atom stereocenters. The lowest BCUT2D eigenvalue weighted by atomic mass is 10.1. The van der Waals surface area contributed by atoms with Crippen LogP contribution in [0.1, 0.15) is 20.8 Å². The first-order chi connectivity index (χ1) is 9.15. The second-order valence-corrected chi connectivity index (χ2v) is 6.26. The lowest BCUT2D eigenvalue weighted by molar-refractivity contribution is 0.560. The van der Waals surface area contributed by atoms with Gasteiger partial charge in [-0.05, 0) is 49.2 Å². The highest BCUT2D eigenvalue weighted by molar-refractivity contribution is 7.99. The first-order valence-electron chi connectivity index (χ1n) is 6.74. The highest BCUT2D eigenvalue weighted by Crippen LogP contribution is 2.28. The van der Waals surface area contributed by atoms with Gasteiger partial charge >= 0.3 is 0 Å². The van der Waals surface area contributed by atoms with E-state index in [0.29, 0.717) is 12.0 Å². The fourth-order valence-corrected chi connectivity index (χ4v) is 2.51. The van der Waals surface area contributed by atoms with Crippen molar-refractivity contribution < 1.29 is 0 Å². The van der Waals surface area contributed by atoms with Gasteiger partial charge in [-0.1, -0.05) is 43.8 Å². The predicted molar refractivity (Wildman–Crippen MR) is 84.9 cm³/mol. The minimum atomic E-state index is 0.493. The topological polar surface area (TPSA) is 12.0 Å². The number of anilines is 1. The van der Waals surface area contributed by atoms with E-state index in [0.717, 1.165) is 0 Å². The monoisotopic (exact) mass is 271 g/mol. The smallest absolute Gasteiger partial charge is 0.0343 e. The lowest BCUT2D eigenvalue weighted by Gasteiger charge is -2.18. The molecule has 0 saturated carbocycles. The van der Waals surface area contributed by atoms with E-state index >= 15 is 0 Å². The average Bonchev–Trinajstić information content (AvgIpc) is 2.42. The minimum absolute atomic E-state index is 0.493. The van der Waals surface area contributed by atoms with Crippen LogP contribution in [-0.4, -0.2) is 6.04 Å². The fourth-order valence-electron chi connectivity index (χ4n) is 1.67. The van der Waals surface area contributed by atoms with Gasteiger partial charge < -0.3 is 5.32 Å². The Morgan fingerprint density at radius 1 is 0.789 bits per heavy atom. The van der Waals surface area contributed by atoms with Gasteiger partial charge in [-0.15, -0.1) is 0 Å². The number of hydrogen-bond donors (Lipinski definition) is 1. The van der Waals surface area contributed by atoms with Crippen molar-refractivity contribution in [2.24, 2.45) is 5.92 Å². The maximum Gasteiger partial charge on any atom is 0.0343 e. The van der Waals surface area contributed by atoms with Crippen LogP contribution < -0.4 is 5.32 Å². The van der Waals surface area contributed by atoms with E-state index in [9.17, 15) is 0 Å². The summed E-state index contributed by atoms with van der Waals surface area (Å²) in [6.45, 7) is 6.69. The molecule has 19 heavy (non-hydrogen) atoms. The first kappa shape index (κ1) is 14.0. The Hall–Kier alpha value is -1.41. The molecule has 1 N–H and O–H groups in total. The van der Waals surface area contributed by atoms with Crippen LogP contribution in [0.4, 0.5) is 5.69 Å². The van der Waals surface area contributed by atoms with E-state index in [2.05, 4.69) is 74.6 Å². The van der Waals surface area contributed by atoms with Crippen molar-refractivity contribution in [1.29, 1.82) is 0 Å². The van der Waals surface area contributed by atoms with Crippen molar-refractivity contribution in [3.63, 3.8) is 0 Å². The number of nitrogens with one attached hydrogen (secondary N) is 1. The predicted octanol–water partition coefficient (Wildman–Crippen LogP) is 5.29. The number of hydrogen-bond acceptors (Lipinski definition) is 2. The Balaban J connectivity index is 1.99. The second kappa shape index (κ2) is 6.67. The van der Waals surface area contributed by atoms with Gasteiger partial charge in [0.25, 0.3) is 0 Å². The maximum absolute atomic E-state index is 3.52. The second-order valence-electron chi connectivity index (χ2n) is 5.12. The van der Waals surface area contributed by atoms with Gasteiger partial charge in [0.15, 0.2) is 0 Å². The zero-order chi connectivity index (χ0) is 13.7. The third-order valence-corrected chi connectivity index (χ3v) is 4.24. The van der Waals surface area contributed by atoms with Crippen LogP contribution in [0.25, 0.3) is 0 Å². The van der Waals surface area contributed by atoms with Crippen LogP contribution in [0.5, 0.6) is 0 Å². The van der Waals surface area contributed by atoms with Gasteiger partial charge in [0.1, 0.15) is 0 Å². The van der Waals surface area contributed by atoms with Gasteiger partial charge in [0, 0.05) is 21.5 Å². The fraction of sp³-hybridized carbons (Fsp3) is 0.294. The third-order valence-electron chi connectivity index (χ3n) is 3.23. The Morgan fingerprint density at radius 2 is 1.37 bits per heavy atom. The summed E-state index contributed by atoms with van der Waals surface area (Å²) in [6, 6.07) is 19.6. The Bertz CT molecular complexity index is 490. The van der Waals surface area contributed by atoms with Crippen molar-refractivity contribution in [2.75, 3.05) is 5.32 Å². The van der Waals surface area contributed by atoms with Crippen LogP contribution in [0.3, 0.4) is 0 Å². The van der Waals surface area contributed by atoms with Crippen molar-refractivity contribution in [3.8, 4) is 0 Å². The molecule has 0 heterocycles. The molecule has 1 unspecified atom stereocenters. The summed E-state index contributed by atoms with van der Waals surface area (Å²) in [5.74, 6) is 0.637. The molecule has 0 aliphatic carbocycles. The summed E-state index contributed by atoms with van der Waals surface area (Å²) >= 11 is 1.79. The molecule has 0 aliphatic rings. The molecule has 0 spiro atoms. The molecule has 2 aromatic rings. The lowest BCUT2D eigenvalue weighted by Crippen LogP contribution is -2.21. The summed E-state index contributed by atoms with van der Waals surface area (Å²) in [7, 11) is 0. The molecule has 2 aromatic carbocycles. The minimum Gasteiger partial charge on any atom is -0.382 e. The van der Waals surface area contributed by atoms with E-state index in [1.54, 1.807) is 11.8 Å². The molecule has 0 bridgehead atoms. The molecule has 100 valence electrons. The zero-order valence-corrected chi connectivity index (χ0v) is 12.6. The van der Waals surface area contributed by atoms with Crippen molar-refractivity contribution in [3.05, 3.63) is 54.6 Å². The van der Waals surface area contributed by atoms with E-state index in [1.807, 2.05) is 6.07 Å². The third kappa shape index (κ3) is 4.32. The molecule has 2 rings (SSSR count). The number of benzene rings is 2. The van der Waals surface area contributed by atoms with Crippen molar-refractivity contribution in [2.45, 2.75) is 36.6 Å². The zero-order valence-electron chi connectivity index (χ0n) is 11.8. The Kier molecular flexibility index (Phi) is 4.92. The summed E-state index contributed by atoms with van der Waals surface area (Å²) in [5.41, 5.74) is 1.19. The quantitative estimate of drug-likeness (QED) is 0.792. The highest BCUT2D eigenvalue weighted by atomic mass is 32.2. The van der Waals surface area contributed by atoms with E-state index < -0.39 is 0 Å². The van der Waals surface area contributed by atoms with Crippen molar-refractivity contribution in [1.82, 2.24) is 0 Å². The van der Waals surface area contributed by atoms with Crippen LogP contribution in [0, 0.1) is 5.92 Å². The molecule has 0 aliphatic heterocycles. The van der Waals surface area contributed by atoms with Gasteiger partial charge in [0.05, 0.1) is 0 Å². The van der Waals surface area contributed by atoms with E-state index in [-0.39, 0.29) is 0 Å². The summed E-state index contributed by atoms with van der Waals surface area (Å²) in [5, 5.41) is 3.52. The normalized spacial score (nSPS) is 12.4. The standard InChI is InChI=1S/C17H21NS/c1-13(2)14(3)18-15-9-11-17(12-10-15)19-16-7-5-4-6-8-16/h4-14,18H,1-3H3. The van der Waals surface area contributed by atoms with Crippen LogP contribution in [0.2, 0.25) is 0 Å². The molecule has 0 fully saturated rings. The number of rotatable bonds is 5. The summed E-state index contributed by atoms with van der Waals surface area (Å²) in [4.78, 5) is 2.55.